The van der Waals surface area contributed by atoms with Crippen LogP contribution in [0.25, 0.3) is 0 Å². The molecule has 0 unspecified atom stereocenters. The predicted molar refractivity (Wildman–Crippen MR) is 83.8 cm³/mol. The Kier molecular flexibility index (Phi) is 2.73. The van der Waals surface area contributed by atoms with Crippen LogP contribution in [-0.4, -0.2) is 34.7 Å². The molecule has 0 aromatic heterocycles. The van der Waals surface area contributed by atoms with Gasteiger partial charge in [0, 0.05) is 0 Å². The van der Waals surface area contributed by atoms with E-state index in [1.165, 1.54) is 4.90 Å². The highest BCUT2D eigenvalue weighted by Crippen LogP contribution is 2.57. The van der Waals surface area contributed by atoms with Crippen molar-refractivity contribution in [1.82, 2.24) is 0 Å². The summed E-state index contributed by atoms with van der Waals surface area (Å²) in [5, 5.41) is 9.79. The van der Waals surface area contributed by atoms with Crippen molar-refractivity contribution < 1.29 is 19.4 Å². The van der Waals surface area contributed by atoms with Crippen molar-refractivity contribution >= 4 is 17.5 Å². The molecule has 2 saturated heterocycles. The van der Waals surface area contributed by atoms with Crippen LogP contribution in [0.2, 0.25) is 0 Å². The molecule has 3 heterocycles. The fraction of sp³-hybridized carbons (Fsp3) is 0.444. The highest BCUT2D eigenvalue weighted by molar-refractivity contribution is 6.23. The molecule has 2 fully saturated rings. The topological polar surface area (TPSA) is 66.8 Å². The fourth-order valence-corrected chi connectivity index (χ4v) is 4.16. The van der Waals surface area contributed by atoms with Crippen molar-refractivity contribution in [3.63, 3.8) is 0 Å². The second-order valence-corrected chi connectivity index (χ2v) is 6.97. The third-order valence-corrected chi connectivity index (χ3v) is 5.55. The smallest absolute Gasteiger partial charge is 0.241 e. The Labute approximate surface area is 134 Å². The Bertz CT molecular complexity index is 770. The Morgan fingerprint density at radius 1 is 1.13 bits per heavy atom. The van der Waals surface area contributed by atoms with E-state index in [1.807, 2.05) is 26.0 Å². The van der Waals surface area contributed by atoms with Crippen molar-refractivity contribution in [3.05, 3.63) is 41.5 Å². The monoisotopic (exact) mass is 313 g/mol. The van der Waals surface area contributed by atoms with Gasteiger partial charge < -0.3 is 9.84 Å². The van der Waals surface area contributed by atoms with Crippen LogP contribution in [-0.2, 0) is 14.3 Å². The van der Waals surface area contributed by atoms with Crippen molar-refractivity contribution in [2.24, 2.45) is 11.8 Å². The molecule has 4 rings (SSSR count). The van der Waals surface area contributed by atoms with Gasteiger partial charge in [0.15, 0.2) is 0 Å². The molecule has 1 aromatic carbocycles. The van der Waals surface area contributed by atoms with E-state index in [1.54, 1.807) is 25.1 Å². The van der Waals surface area contributed by atoms with E-state index in [2.05, 4.69) is 0 Å². The first-order chi connectivity index (χ1) is 10.8. The minimum atomic E-state index is -1.07. The van der Waals surface area contributed by atoms with Crippen LogP contribution in [0.15, 0.2) is 30.4 Å². The molecule has 5 nitrogen and oxygen atoms in total. The van der Waals surface area contributed by atoms with Crippen LogP contribution in [0.4, 0.5) is 5.69 Å². The van der Waals surface area contributed by atoms with Gasteiger partial charge in [-0.05, 0) is 44.0 Å². The van der Waals surface area contributed by atoms with Crippen LogP contribution < -0.4 is 4.90 Å². The maximum absolute atomic E-state index is 13.0. The molecule has 3 aliphatic heterocycles. The quantitative estimate of drug-likeness (QED) is 0.664. The van der Waals surface area contributed by atoms with Gasteiger partial charge in [-0.3, -0.25) is 9.59 Å². The molecule has 0 aliphatic carbocycles. The van der Waals surface area contributed by atoms with E-state index in [9.17, 15) is 14.7 Å². The predicted octanol–water partition coefficient (Wildman–Crippen LogP) is 1.50. The minimum absolute atomic E-state index is 0.245. The number of aliphatic hydroxyl groups excluding tert-OH is 1. The molecule has 5 heteroatoms. The molecule has 1 aromatic rings. The van der Waals surface area contributed by atoms with Gasteiger partial charge >= 0.3 is 0 Å². The number of aryl methyl sites for hydroxylation is 2. The van der Waals surface area contributed by atoms with Gasteiger partial charge in [-0.25, -0.2) is 4.90 Å². The zero-order chi connectivity index (χ0) is 16.6. The zero-order valence-electron chi connectivity index (χ0n) is 13.4. The van der Waals surface area contributed by atoms with Crippen LogP contribution in [0.3, 0.4) is 0 Å². The molecule has 4 atom stereocenters. The van der Waals surface area contributed by atoms with Crippen molar-refractivity contribution in [2.45, 2.75) is 32.0 Å². The molecular formula is C18H19NO4. The lowest BCUT2D eigenvalue weighted by Crippen LogP contribution is -2.43. The lowest BCUT2D eigenvalue weighted by molar-refractivity contribution is -0.131. The lowest BCUT2D eigenvalue weighted by atomic mass is 9.73. The first kappa shape index (κ1) is 14.6. The Morgan fingerprint density at radius 3 is 2.48 bits per heavy atom. The highest BCUT2D eigenvalue weighted by atomic mass is 16.5. The van der Waals surface area contributed by atoms with Gasteiger partial charge in [0.2, 0.25) is 11.8 Å². The normalized spacial score (nSPS) is 37.8. The Balaban J connectivity index is 1.81. The summed E-state index contributed by atoms with van der Waals surface area (Å²) in [5.74, 6) is -1.76. The molecule has 120 valence electrons. The van der Waals surface area contributed by atoms with E-state index in [4.69, 9.17) is 4.74 Å². The molecule has 0 saturated carbocycles. The second-order valence-electron chi connectivity index (χ2n) is 6.97. The summed E-state index contributed by atoms with van der Waals surface area (Å²) in [7, 11) is 0. The number of anilines is 1. The van der Waals surface area contributed by atoms with Gasteiger partial charge in [-0.15, -0.1) is 0 Å². The standard InChI is InChI=1S/C18H19NO4/c1-10-4-5-12(8-11(10)2)19-15(21)13-14(16(19)22)18(9-20)7-6-17(13,3)23-18/h4-8,13-14,20H,9H2,1-3H3/t13-,14+,17+,18-/m1/s1. The van der Waals surface area contributed by atoms with E-state index >= 15 is 0 Å². The number of hydrogen-bond acceptors (Lipinski definition) is 4. The van der Waals surface area contributed by atoms with Crippen LogP contribution >= 0.6 is 0 Å². The summed E-state index contributed by atoms with van der Waals surface area (Å²) >= 11 is 0. The van der Waals surface area contributed by atoms with Gasteiger partial charge in [0.05, 0.1) is 29.7 Å². The number of benzene rings is 1. The van der Waals surface area contributed by atoms with E-state index in [0.717, 1.165) is 11.1 Å². The lowest BCUT2D eigenvalue weighted by Gasteiger charge is -2.27. The first-order valence-corrected chi connectivity index (χ1v) is 7.79. The summed E-state index contributed by atoms with van der Waals surface area (Å²) in [4.78, 5) is 27.2. The molecule has 0 radical (unpaired) electrons. The van der Waals surface area contributed by atoms with Crippen LogP contribution in [0.1, 0.15) is 18.1 Å². The summed E-state index contributed by atoms with van der Waals surface area (Å²) in [6.45, 7) is 5.44. The van der Waals surface area contributed by atoms with E-state index in [-0.39, 0.29) is 18.4 Å². The van der Waals surface area contributed by atoms with Crippen molar-refractivity contribution in [3.8, 4) is 0 Å². The van der Waals surface area contributed by atoms with Gasteiger partial charge in [-0.2, -0.15) is 0 Å². The van der Waals surface area contributed by atoms with Gasteiger partial charge in [-0.1, -0.05) is 18.2 Å². The zero-order valence-corrected chi connectivity index (χ0v) is 13.4. The maximum Gasteiger partial charge on any atom is 0.241 e. The van der Waals surface area contributed by atoms with Crippen molar-refractivity contribution in [2.75, 3.05) is 11.5 Å². The molecule has 2 bridgehead atoms. The number of ether oxygens (including phenoxy) is 1. The summed E-state index contributed by atoms with van der Waals surface area (Å²) < 4.78 is 5.90. The van der Waals surface area contributed by atoms with Crippen LogP contribution in [0, 0.1) is 25.7 Å². The molecular weight excluding hydrogens is 294 g/mol. The number of hydrogen-bond donors (Lipinski definition) is 1. The number of fused-ring (bicyclic) bond motifs is 5. The number of aliphatic hydroxyl groups is 1. The van der Waals surface area contributed by atoms with Crippen molar-refractivity contribution in [1.29, 1.82) is 0 Å². The van der Waals surface area contributed by atoms with E-state index < -0.39 is 23.0 Å². The molecule has 23 heavy (non-hydrogen) atoms. The first-order valence-electron chi connectivity index (χ1n) is 7.79. The Morgan fingerprint density at radius 2 is 1.83 bits per heavy atom. The van der Waals surface area contributed by atoms with E-state index in [0.29, 0.717) is 5.69 Å². The Hall–Kier alpha value is -1.98. The largest absolute Gasteiger partial charge is 0.393 e. The number of rotatable bonds is 2. The molecule has 0 spiro atoms. The molecule has 3 aliphatic rings. The average molecular weight is 313 g/mol. The number of carbonyl (C=O) groups is 2. The summed E-state index contributed by atoms with van der Waals surface area (Å²) in [6, 6.07) is 5.56. The van der Waals surface area contributed by atoms with Gasteiger partial charge in [0.25, 0.3) is 0 Å². The minimum Gasteiger partial charge on any atom is -0.393 e. The number of imide groups is 1. The van der Waals surface area contributed by atoms with Crippen LogP contribution in [0.5, 0.6) is 0 Å². The number of nitrogens with zero attached hydrogens (tertiary/aromatic N) is 1. The molecule has 2 amide bonds. The van der Waals surface area contributed by atoms with Gasteiger partial charge in [0.1, 0.15) is 5.60 Å². The maximum atomic E-state index is 13.0. The fourth-order valence-electron chi connectivity index (χ4n) is 4.16. The molecule has 1 N–H and O–H groups in total. The number of amides is 2. The third-order valence-electron chi connectivity index (χ3n) is 5.55. The number of carbonyl (C=O) groups excluding carboxylic acids is 2. The third kappa shape index (κ3) is 1.64. The second kappa shape index (κ2) is 4.30. The summed E-state index contributed by atoms with van der Waals surface area (Å²) in [5.41, 5.74) is 0.834. The summed E-state index contributed by atoms with van der Waals surface area (Å²) in [6.07, 6.45) is 3.54. The average Bonchev–Trinajstić information content (AvgIpc) is 3.09. The highest BCUT2D eigenvalue weighted by Gasteiger charge is 2.72. The SMILES string of the molecule is Cc1ccc(N2C(=O)[C@@H]3[C@H](C2=O)[C@]2(C)C=C[C@]3(CO)O2)cc1C.